The highest BCUT2D eigenvalue weighted by molar-refractivity contribution is 5.97. The molecule has 26 heavy (non-hydrogen) atoms. The summed E-state index contributed by atoms with van der Waals surface area (Å²) in [5, 5.41) is 8.95. The lowest BCUT2D eigenvalue weighted by Gasteiger charge is -2.21. The van der Waals surface area contributed by atoms with E-state index in [-0.39, 0.29) is 17.6 Å². The molecule has 0 spiro atoms. The zero-order valence-electron chi connectivity index (χ0n) is 15.4. The molecule has 0 radical (unpaired) electrons. The van der Waals surface area contributed by atoms with Gasteiger partial charge in [-0.2, -0.15) is 0 Å². The Hall–Kier alpha value is -3.02. The number of methoxy groups -OCH3 is 1. The van der Waals surface area contributed by atoms with Gasteiger partial charge in [0.05, 0.1) is 24.3 Å². The summed E-state index contributed by atoms with van der Waals surface area (Å²) in [6.07, 6.45) is -0.0810. The van der Waals surface area contributed by atoms with Crippen molar-refractivity contribution in [3.63, 3.8) is 0 Å². The molecule has 0 atom stereocenters. The molecule has 0 bridgehead atoms. The van der Waals surface area contributed by atoms with Gasteiger partial charge in [0.25, 0.3) is 5.91 Å². The summed E-state index contributed by atoms with van der Waals surface area (Å²) in [5.74, 6) is -0.0816. The average molecular weight is 357 g/mol. The number of hydrogen-bond donors (Lipinski definition) is 1. The molecule has 0 aromatic heterocycles. The van der Waals surface area contributed by atoms with Crippen molar-refractivity contribution >= 4 is 11.9 Å². The van der Waals surface area contributed by atoms with Gasteiger partial charge in [-0.1, -0.05) is 12.1 Å². The molecule has 0 aliphatic rings. The van der Waals surface area contributed by atoms with Gasteiger partial charge in [0.2, 0.25) is 0 Å². The molecule has 2 rings (SSSR count). The zero-order chi connectivity index (χ0) is 19.3. The van der Waals surface area contributed by atoms with E-state index < -0.39 is 5.97 Å². The van der Waals surface area contributed by atoms with Crippen LogP contribution in [0.1, 0.15) is 40.1 Å². The first-order valence-electron chi connectivity index (χ1n) is 8.24. The Morgan fingerprint density at radius 3 is 2.31 bits per heavy atom. The molecular weight excluding hydrogens is 334 g/mol. The molecule has 138 valence electrons. The topological polar surface area (TPSA) is 76.1 Å². The van der Waals surface area contributed by atoms with Crippen molar-refractivity contribution in [1.29, 1.82) is 0 Å². The number of carboxylic acids is 1. The first kappa shape index (κ1) is 19.3. The SMILES string of the molecule is COc1ccc(C(=O)N(C)Cc2ccc(C(=O)O)cc2)c(OC(C)C)c1. The third-order valence-corrected chi connectivity index (χ3v) is 3.75. The second kappa shape index (κ2) is 8.38. The summed E-state index contributed by atoms with van der Waals surface area (Å²) in [6, 6.07) is 11.6. The lowest BCUT2D eigenvalue weighted by molar-refractivity contribution is 0.0695. The van der Waals surface area contributed by atoms with Gasteiger partial charge in [-0.25, -0.2) is 4.79 Å². The minimum absolute atomic E-state index is 0.0810. The quantitative estimate of drug-likeness (QED) is 0.821. The van der Waals surface area contributed by atoms with Crippen LogP contribution in [0.4, 0.5) is 0 Å². The van der Waals surface area contributed by atoms with Gasteiger partial charge < -0.3 is 19.5 Å². The summed E-state index contributed by atoms with van der Waals surface area (Å²) in [4.78, 5) is 25.3. The van der Waals surface area contributed by atoms with Crippen molar-refractivity contribution in [3.8, 4) is 11.5 Å². The van der Waals surface area contributed by atoms with Crippen molar-refractivity contribution in [3.05, 3.63) is 59.2 Å². The van der Waals surface area contributed by atoms with Crippen LogP contribution < -0.4 is 9.47 Å². The molecule has 2 aromatic rings. The van der Waals surface area contributed by atoms with Crippen LogP contribution in [-0.4, -0.2) is 42.1 Å². The summed E-state index contributed by atoms with van der Waals surface area (Å²) < 4.78 is 11.0. The first-order chi connectivity index (χ1) is 12.3. The minimum Gasteiger partial charge on any atom is -0.497 e. The molecule has 1 amide bonds. The Balaban J connectivity index is 2.20. The standard InChI is InChI=1S/C20H23NO5/c1-13(2)26-18-11-16(25-4)9-10-17(18)19(22)21(3)12-14-5-7-15(8-6-14)20(23)24/h5-11,13H,12H2,1-4H3,(H,23,24). The van der Waals surface area contributed by atoms with Gasteiger partial charge in [0.1, 0.15) is 11.5 Å². The van der Waals surface area contributed by atoms with Crippen LogP contribution in [0.3, 0.4) is 0 Å². The number of carbonyl (C=O) groups is 2. The monoisotopic (exact) mass is 357 g/mol. The fraction of sp³-hybridized carbons (Fsp3) is 0.300. The Morgan fingerprint density at radius 1 is 1.12 bits per heavy atom. The molecule has 0 aliphatic carbocycles. The maximum Gasteiger partial charge on any atom is 0.335 e. The van der Waals surface area contributed by atoms with E-state index in [1.807, 2.05) is 13.8 Å². The Bertz CT molecular complexity index is 783. The summed E-state index contributed by atoms with van der Waals surface area (Å²) in [6.45, 7) is 4.13. The Kier molecular flexibility index (Phi) is 6.22. The second-order valence-corrected chi connectivity index (χ2v) is 6.19. The highest BCUT2D eigenvalue weighted by atomic mass is 16.5. The number of carbonyl (C=O) groups excluding carboxylic acids is 1. The number of carboxylic acid groups (broad SMARTS) is 1. The maximum atomic E-state index is 12.8. The van der Waals surface area contributed by atoms with Gasteiger partial charge in [-0.05, 0) is 43.7 Å². The fourth-order valence-corrected chi connectivity index (χ4v) is 2.46. The van der Waals surface area contributed by atoms with E-state index in [0.717, 1.165) is 5.56 Å². The molecule has 0 saturated heterocycles. The molecule has 0 heterocycles. The molecule has 0 fully saturated rings. The van der Waals surface area contributed by atoms with Crippen LogP contribution in [0.2, 0.25) is 0 Å². The number of ether oxygens (including phenoxy) is 2. The van der Waals surface area contributed by atoms with E-state index in [1.54, 1.807) is 49.4 Å². The molecule has 2 aromatic carbocycles. The van der Waals surface area contributed by atoms with Gasteiger partial charge in [0.15, 0.2) is 0 Å². The fourth-order valence-electron chi connectivity index (χ4n) is 2.46. The molecule has 0 aliphatic heterocycles. The van der Waals surface area contributed by atoms with E-state index in [4.69, 9.17) is 14.6 Å². The van der Waals surface area contributed by atoms with Crippen molar-refractivity contribution < 1.29 is 24.2 Å². The number of benzene rings is 2. The highest BCUT2D eigenvalue weighted by Crippen LogP contribution is 2.27. The molecule has 0 saturated carbocycles. The van der Waals surface area contributed by atoms with E-state index >= 15 is 0 Å². The largest absolute Gasteiger partial charge is 0.497 e. The molecular formula is C20H23NO5. The molecule has 6 nitrogen and oxygen atoms in total. The van der Waals surface area contributed by atoms with E-state index in [0.29, 0.717) is 23.6 Å². The lowest BCUT2D eigenvalue weighted by atomic mass is 10.1. The third-order valence-electron chi connectivity index (χ3n) is 3.75. The predicted octanol–water partition coefficient (Wildman–Crippen LogP) is 3.45. The van der Waals surface area contributed by atoms with E-state index in [2.05, 4.69) is 0 Å². The lowest BCUT2D eigenvalue weighted by Crippen LogP contribution is -2.27. The Morgan fingerprint density at radius 2 is 1.77 bits per heavy atom. The summed E-state index contributed by atoms with van der Waals surface area (Å²) >= 11 is 0. The molecule has 0 unspecified atom stereocenters. The molecule has 6 heteroatoms. The van der Waals surface area contributed by atoms with Gasteiger partial charge in [0, 0.05) is 19.7 Å². The maximum absolute atomic E-state index is 12.8. The van der Waals surface area contributed by atoms with Crippen LogP contribution in [-0.2, 0) is 6.54 Å². The number of aromatic carboxylic acids is 1. The van der Waals surface area contributed by atoms with Crippen LogP contribution in [0, 0.1) is 0 Å². The minimum atomic E-state index is -0.977. The average Bonchev–Trinajstić information content (AvgIpc) is 2.61. The highest BCUT2D eigenvalue weighted by Gasteiger charge is 2.19. The smallest absolute Gasteiger partial charge is 0.335 e. The number of amides is 1. The third kappa shape index (κ3) is 4.75. The normalized spacial score (nSPS) is 10.5. The van der Waals surface area contributed by atoms with Crippen LogP contribution in [0.15, 0.2) is 42.5 Å². The van der Waals surface area contributed by atoms with E-state index in [9.17, 15) is 9.59 Å². The van der Waals surface area contributed by atoms with Crippen molar-refractivity contribution in [2.24, 2.45) is 0 Å². The number of rotatable bonds is 7. The summed E-state index contributed by atoms with van der Waals surface area (Å²) in [5.41, 5.74) is 1.50. The predicted molar refractivity (Wildman–Crippen MR) is 98.0 cm³/mol. The van der Waals surface area contributed by atoms with E-state index in [1.165, 1.54) is 12.1 Å². The van der Waals surface area contributed by atoms with Gasteiger partial charge >= 0.3 is 5.97 Å². The van der Waals surface area contributed by atoms with Crippen molar-refractivity contribution in [2.45, 2.75) is 26.5 Å². The van der Waals surface area contributed by atoms with Gasteiger partial charge in [-0.3, -0.25) is 4.79 Å². The number of hydrogen-bond acceptors (Lipinski definition) is 4. The number of nitrogens with zero attached hydrogens (tertiary/aromatic N) is 1. The van der Waals surface area contributed by atoms with Crippen molar-refractivity contribution in [2.75, 3.05) is 14.2 Å². The van der Waals surface area contributed by atoms with Gasteiger partial charge in [-0.15, -0.1) is 0 Å². The van der Waals surface area contributed by atoms with Crippen LogP contribution >= 0.6 is 0 Å². The first-order valence-corrected chi connectivity index (χ1v) is 8.24. The zero-order valence-corrected chi connectivity index (χ0v) is 15.4. The van der Waals surface area contributed by atoms with Crippen molar-refractivity contribution in [1.82, 2.24) is 4.90 Å². The van der Waals surface area contributed by atoms with Crippen LogP contribution in [0.5, 0.6) is 11.5 Å². The summed E-state index contributed by atoms with van der Waals surface area (Å²) in [7, 11) is 3.25. The molecule has 1 N–H and O–H groups in total. The Labute approximate surface area is 153 Å². The van der Waals surface area contributed by atoms with Crippen LogP contribution in [0.25, 0.3) is 0 Å². The second-order valence-electron chi connectivity index (χ2n) is 6.19.